The molecular formula is C15H19N3O2S. The predicted molar refractivity (Wildman–Crippen MR) is 81.8 cm³/mol. The van der Waals surface area contributed by atoms with Crippen molar-refractivity contribution in [1.29, 1.82) is 0 Å². The average Bonchev–Trinajstić information content (AvgIpc) is 3.10. The molecule has 0 bridgehead atoms. The van der Waals surface area contributed by atoms with Gasteiger partial charge >= 0.3 is 0 Å². The van der Waals surface area contributed by atoms with E-state index in [9.17, 15) is 8.42 Å². The molecule has 1 aromatic carbocycles. The first-order valence-electron chi connectivity index (χ1n) is 7.07. The maximum atomic E-state index is 11.5. The van der Waals surface area contributed by atoms with Crippen molar-refractivity contribution in [1.82, 2.24) is 15.3 Å². The molecule has 1 aliphatic heterocycles. The molecule has 0 spiro atoms. The van der Waals surface area contributed by atoms with Gasteiger partial charge in [0.05, 0.1) is 16.8 Å². The second-order valence-corrected chi connectivity index (χ2v) is 7.62. The number of nitrogens with one attached hydrogen (secondary N) is 2. The lowest BCUT2D eigenvalue weighted by molar-refractivity contribution is 0.565. The molecule has 0 aliphatic carbocycles. The summed E-state index contributed by atoms with van der Waals surface area (Å²) in [6.45, 7) is 2.14. The number of hydrogen-bond acceptors (Lipinski definition) is 4. The van der Waals surface area contributed by atoms with Gasteiger partial charge in [-0.05, 0) is 43.1 Å². The Kier molecular flexibility index (Phi) is 3.82. The Bertz CT molecular complexity index is 714. The fourth-order valence-electron chi connectivity index (χ4n) is 2.66. The average molecular weight is 305 g/mol. The van der Waals surface area contributed by atoms with E-state index in [1.54, 1.807) is 12.1 Å². The fraction of sp³-hybridized carbons (Fsp3) is 0.400. The highest BCUT2D eigenvalue weighted by atomic mass is 32.2. The van der Waals surface area contributed by atoms with E-state index in [-0.39, 0.29) is 0 Å². The Morgan fingerprint density at radius 1 is 1.29 bits per heavy atom. The van der Waals surface area contributed by atoms with Crippen molar-refractivity contribution in [3.05, 3.63) is 36.3 Å². The maximum absolute atomic E-state index is 11.5. The number of sulfone groups is 1. The summed E-state index contributed by atoms with van der Waals surface area (Å²) in [7, 11) is -3.15. The summed E-state index contributed by atoms with van der Waals surface area (Å²) in [6, 6.07) is 6.88. The third kappa shape index (κ3) is 3.33. The summed E-state index contributed by atoms with van der Waals surface area (Å²) in [5.74, 6) is 1.64. The highest BCUT2D eigenvalue weighted by molar-refractivity contribution is 7.90. The zero-order chi connectivity index (χ0) is 14.9. The van der Waals surface area contributed by atoms with E-state index in [1.165, 1.54) is 12.7 Å². The van der Waals surface area contributed by atoms with Gasteiger partial charge in [-0.3, -0.25) is 0 Å². The molecule has 5 nitrogen and oxygen atoms in total. The largest absolute Gasteiger partial charge is 0.342 e. The van der Waals surface area contributed by atoms with Crippen LogP contribution in [0.2, 0.25) is 0 Å². The van der Waals surface area contributed by atoms with Crippen LogP contribution in [0, 0.1) is 5.92 Å². The minimum absolute atomic E-state index is 0.336. The molecule has 1 aromatic heterocycles. The van der Waals surface area contributed by atoms with Crippen LogP contribution in [0.3, 0.4) is 0 Å². The number of benzene rings is 1. The van der Waals surface area contributed by atoms with Crippen LogP contribution in [-0.2, 0) is 16.3 Å². The third-order valence-electron chi connectivity index (χ3n) is 3.87. The number of imidazole rings is 1. The SMILES string of the molecule is CS(=O)(=O)c1ccc(-c2cnc(CC3CCNC3)[nH]2)cc1. The van der Waals surface area contributed by atoms with E-state index in [4.69, 9.17) is 0 Å². The summed E-state index contributed by atoms with van der Waals surface area (Å²) in [5, 5.41) is 3.35. The lowest BCUT2D eigenvalue weighted by Crippen LogP contribution is -2.11. The molecule has 1 atom stereocenters. The van der Waals surface area contributed by atoms with Crippen LogP contribution in [0.25, 0.3) is 11.3 Å². The standard InChI is InChI=1S/C15H19N3O2S/c1-21(19,20)13-4-2-12(3-5-13)14-10-17-15(18-14)8-11-6-7-16-9-11/h2-5,10-11,16H,6-9H2,1H3,(H,17,18). The van der Waals surface area contributed by atoms with E-state index in [1.807, 2.05) is 18.3 Å². The predicted octanol–water partition coefficient (Wildman–Crippen LogP) is 1.63. The van der Waals surface area contributed by atoms with Gasteiger partial charge in [0.15, 0.2) is 9.84 Å². The van der Waals surface area contributed by atoms with Gasteiger partial charge in [0.2, 0.25) is 0 Å². The molecule has 1 aliphatic rings. The Morgan fingerprint density at radius 3 is 2.67 bits per heavy atom. The van der Waals surface area contributed by atoms with Crippen molar-refractivity contribution < 1.29 is 8.42 Å². The van der Waals surface area contributed by atoms with Gasteiger partial charge < -0.3 is 10.3 Å². The first-order chi connectivity index (χ1) is 10.0. The molecule has 2 heterocycles. The molecule has 0 amide bonds. The van der Waals surface area contributed by atoms with Crippen LogP contribution >= 0.6 is 0 Å². The molecule has 6 heteroatoms. The minimum Gasteiger partial charge on any atom is -0.342 e. The van der Waals surface area contributed by atoms with E-state index >= 15 is 0 Å². The molecule has 3 rings (SSSR count). The summed E-state index contributed by atoms with van der Waals surface area (Å²) in [5.41, 5.74) is 1.88. The molecule has 1 fully saturated rings. The van der Waals surface area contributed by atoms with Gasteiger partial charge in [-0.15, -0.1) is 0 Å². The van der Waals surface area contributed by atoms with Crippen molar-refractivity contribution in [2.75, 3.05) is 19.3 Å². The van der Waals surface area contributed by atoms with Crippen molar-refractivity contribution in [2.45, 2.75) is 17.7 Å². The molecule has 21 heavy (non-hydrogen) atoms. The van der Waals surface area contributed by atoms with Gasteiger partial charge in [0, 0.05) is 12.7 Å². The molecule has 112 valence electrons. The Labute approximate surface area is 124 Å². The smallest absolute Gasteiger partial charge is 0.175 e. The number of nitrogens with zero attached hydrogens (tertiary/aromatic N) is 1. The van der Waals surface area contributed by atoms with Crippen molar-refractivity contribution in [3.8, 4) is 11.3 Å². The van der Waals surface area contributed by atoms with Crippen LogP contribution in [0.5, 0.6) is 0 Å². The number of rotatable bonds is 4. The Hall–Kier alpha value is -1.66. The van der Waals surface area contributed by atoms with Crippen molar-refractivity contribution in [3.63, 3.8) is 0 Å². The lowest BCUT2D eigenvalue weighted by atomic mass is 10.1. The first kappa shape index (κ1) is 14.3. The van der Waals surface area contributed by atoms with Crippen molar-refractivity contribution in [2.24, 2.45) is 5.92 Å². The van der Waals surface area contributed by atoms with Crippen LogP contribution < -0.4 is 5.32 Å². The van der Waals surface area contributed by atoms with Crippen LogP contribution in [-0.4, -0.2) is 37.7 Å². The summed E-state index contributed by atoms with van der Waals surface area (Å²) >= 11 is 0. The normalized spacial score (nSPS) is 19.0. The molecule has 1 saturated heterocycles. The van der Waals surface area contributed by atoms with E-state index in [0.717, 1.165) is 36.6 Å². The van der Waals surface area contributed by atoms with Gasteiger partial charge in [0.25, 0.3) is 0 Å². The zero-order valence-electron chi connectivity index (χ0n) is 12.0. The molecule has 1 unspecified atom stereocenters. The molecule has 0 radical (unpaired) electrons. The zero-order valence-corrected chi connectivity index (χ0v) is 12.8. The van der Waals surface area contributed by atoms with E-state index < -0.39 is 9.84 Å². The van der Waals surface area contributed by atoms with Gasteiger partial charge in [-0.1, -0.05) is 12.1 Å². The highest BCUT2D eigenvalue weighted by Crippen LogP contribution is 2.21. The monoisotopic (exact) mass is 305 g/mol. The number of hydrogen-bond donors (Lipinski definition) is 2. The number of aromatic amines is 1. The molecule has 0 saturated carbocycles. The Balaban J connectivity index is 1.76. The molecule has 2 N–H and O–H groups in total. The molecular weight excluding hydrogens is 286 g/mol. The van der Waals surface area contributed by atoms with Gasteiger partial charge in [-0.2, -0.15) is 0 Å². The fourth-order valence-corrected chi connectivity index (χ4v) is 3.29. The maximum Gasteiger partial charge on any atom is 0.175 e. The molecule has 2 aromatic rings. The number of H-pyrrole nitrogens is 1. The van der Waals surface area contributed by atoms with Crippen LogP contribution in [0.15, 0.2) is 35.4 Å². The van der Waals surface area contributed by atoms with E-state index in [2.05, 4.69) is 15.3 Å². The summed E-state index contributed by atoms with van der Waals surface area (Å²) in [4.78, 5) is 8.09. The lowest BCUT2D eigenvalue weighted by Gasteiger charge is -2.04. The highest BCUT2D eigenvalue weighted by Gasteiger charge is 2.16. The topological polar surface area (TPSA) is 74.8 Å². The summed E-state index contributed by atoms with van der Waals surface area (Å²) < 4.78 is 22.9. The summed E-state index contributed by atoms with van der Waals surface area (Å²) in [6.07, 6.45) is 5.17. The quantitative estimate of drug-likeness (QED) is 0.900. The number of aromatic nitrogens is 2. The second-order valence-electron chi connectivity index (χ2n) is 5.60. The van der Waals surface area contributed by atoms with Crippen molar-refractivity contribution >= 4 is 9.84 Å². The third-order valence-corrected chi connectivity index (χ3v) is 4.99. The van der Waals surface area contributed by atoms with Gasteiger partial charge in [0.1, 0.15) is 5.82 Å². The second kappa shape index (κ2) is 5.61. The first-order valence-corrected chi connectivity index (χ1v) is 8.96. The van der Waals surface area contributed by atoms with Crippen LogP contribution in [0.4, 0.5) is 0 Å². The minimum atomic E-state index is -3.15. The van der Waals surface area contributed by atoms with E-state index in [0.29, 0.717) is 10.8 Å². The van der Waals surface area contributed by atoms with Crippen LogP contribution in [0.1, 0.15) is 12.2 Å². The Morgan fingerprint density at radius 2 is 2.05 bits per heavy atom. The van der Waals surface area contributed by atoms with Gasteiger partial charge in [-0.25, -0.2) is 13.4 Å².